The van der Waals surface area contributed by atoms with Gasteiger partial charge in [-0.2, -0.15) is 0 Å². The molecule has 1 atom stereocenters. The molecule has 1 heterocycles. The Hall–Kier alpha value is -3.03. The van der Waals surface area contributed by atoms with E-state index in [4.69, 9.17) is 42.1 Å². The lowest BCUT2D eigenvalue weighted by Crippen LogP contribution is -2.27. The first kappa shape index (κ1) is 22.7. The van der Waals surface area contributed by atoms with Crippen molar-refractivity contribution in [3.8, 4) is 0 Å². The molecular weight excluding hydrogens is 447 g/mol. The average molecular weight is 465 g/mol. The van der Waals surface area contributed by atoms with Crippen LogP contribution in [0, 0.1) is 0 Å². The maximum atomic E-state index is 12.5. The van der Waals surface area contributed by atoms with Crippen LogP contribution in [0.25, 0.3) is 0 Å². The van der Waals surface area contributed by atoms with Gasteiger partial charge in [-0.25, -0.2) is 9.59 Å². The highest BCUT2D eigenvalue weighted by molar-refractivity contribution is 6.31. The van der Waals surface area contributed by atoms with Crippen molar-refractivity contribution in [1.82, 2.24) is 0 Å². The molecule has 9 heteroatoms. The zero-order chi connectivity index (χ0) is 22.4. The Morgan fingerprint density at radius 1 is 0.935 bits per heavy atom. The quantitative estimate of drug-likeness (QED) is 0.442. The summed E-state index contributed by atoms with van der Waals surface area (Å²) in [5.74, 6) is -1.49. The van der Waals surface area contributed by atoms with E-state index in [-0.39, 0.29) is 42.1 Å². The molecule has 2 aromatic carbocycles. The molecule has 0 spiro atoms. The first-order valence-corrected chi connectivity index (χ1v) is 10.0. The van der Waals surface area contributed by atoms with Crippen molar-refractivity contribution >= 4 is 41.1 Å². The molecule has 0 radical (unpaired) electrons. The molecule has 0 unspecified atom stereocenters. The molecule has 1 aliphatic rings. The number of benzene rings is 2. The number of hydrogen-bond acceptors (Lipinski definition) is 7. The number of halogens is 2. The number of esters is 3. The lowest BCUT2D eigenvalue weighted by atomic mass is 10.2. The van der Waals surface area contributed by atoms with E-state index in [9.17, 15) is 14.4 Å². The third kappa shape index (κ3) is 6.47. The van der Waals surface area contributed by atoms with Crippen LogP contribution in [0.4, 0.5) is 0 Å². The second-order valence-corrected chi connectivity index (χ2v) is 7.39. The number of ether oxygens (including phenoxy) is 4. The fourth-order valence-electron chi connectivity index (χ4n) is 2.72. The maximum absolute atomic E-state index is 12.5. The number of rotatable bonds is 6. The molecular formula is C22H18Cl2O7. The van der Waals surface area contributed by atoms with Gasteiger partial charge in [-0.15, -0.1) is 0 Å². The molecule has 0 saturated carbocycles. The minimum atomic E-state index is -0.875. The minimum Gasteiger partial charge on any atom is -0.454 e. The maximum Gasteiger partial charge on any atom is 0.343 e. The lowest BCUT2D eigenvalue weighted by molar-refractivity contribution is -0.174. The Morgan fingerprint density at radius 2 is 1.48 bits per heavy atom. The molecule has 0 aromatic heterocycles. The first-order chi connectivity index (χ1) is 14.8. The van der Waals surface area contributed by atoms with E-state index in [2.05, 4.69) is 0 Å². The van der Waals surface area contributed by atoms with E-state index in [1.165, 1.54) is 31.2 Å². The summed E-state index contributed by atoms with van der Waals surface area (Å²) < 4.78 is 21.4. The summed E-state index contributed by atoms with van der Waals surface area (Å²) >= 11 is 11.7. The van der Waals surface area contributed by atoms with Crippen LogP contribution in [0.2, 0.25) is 10.0 Å². The van der Waals surface area contributed by atoms with Gasteiger partial charge in [0.2, 0.25) is 6.29 Å². The van der Waals surface area contributed by atoms with Crippen molar-refractivity contribution in [3.05, 3.63) is 81.2 Å². The van der Waals surface area contributed by atoms with Crippen LogP contribution in [-0.4, -0.2) is 30.8 Å². The monoisotopic (exact) mass is 464 g/mol. The van der Waals surface area contributed by atoms with Crippen molar-refractivity contribution in [1.29, 1.82) is 0 Å². The topological polar surface area (TPSA) is 88.1 Å². The number of allylic oxidation sites excluding steroid dienone is 1. The van der Waals surface area contributed by atoms with Crippen molar-refractivity contribution in [2.75, 3.05) is 6.61 Å². The molecule has 7 nitrogen and oxygen atoms in total. The first-order valence-electron chi connectivity index (χ1n) is 9.28. The molecule has 1 aliphatic heterocycles. The lowest BCUT2D eigenvalue weighted by Gasteiger charge is -2.27. The molecule has 2 aromatic rings. The molecule has 0 bridgehead atoms. The van der Waals surface area contributed by atoms with E-state index in [1.807, 2.05) is 0 Å². The molecule has 0 N–H and O–H groups in total. The number of carbonyl (C=O) groups is 3. The van der Waals surface area contributed by atoms with Gasteiger partial charge in [0.1, 0.15) is 5.76 Å². The smallest absolute Gasteiger partial charge is 0.343 e. The zero-order valence-corrected chi connectivity index (χ0v) is 17.9. The molecule has 31 heavy (non-hydrogen) atoms. The van der Waals surface area contributed by atoms with Gasteiger partial charge in [0.05, 0.1) is 11.1 Å². The number of carbonyl (C=O) groups excluding carboxylic acids is 3. The fourth-order valence-corrected chi connectivity index (χ4v) is 2.97. The van der Waals surface area contributed by atoms with Gasteiger partial charge in [0, 0.05) is 29.8 Å². The van der Waals surface area contributed by atoms with Crippen molar-refractivity contribution in [2.24, 2.45) is 0 Å². The normalized spacial score (nSPS) is 15.6. The summed E-state index contributed by atoms with van der Waals surface area (Å²) in [6.07, 6.45) is -0.359. The summed E-state index contributed by atoms with van der Waals surface area (Å²) in [6.45, 7) is 0.936. The fraction of sp³-hybridized carbons (Fsp3) is 0.227. The van der Waals surface area contributed by atoms with Gasteiger partial charge < -0.3 is 18.9 Å². The van der Waals surface area contributed by atoms with Crippen LogP contribution < -0.4 is 0 Å². The number of hydrogen-bond donors (Lipinski definition) is 0. The highest BCUT2D eigenvalue weighted by Gasteiger charge is 2.28. The second kappa shape index (κ2) is 10.3. The van der Waals surface area contributed by atoms with E-state index in [0.29, 0.717) is 10.0 Å². The van der Waals surface area contributed by atoms with Gasteiger partial charge in [-0.05, 0) is 48.5 Å². The Morgan fingerprint density at radius 3 is 2.03 bits per heavy atom. The predicted octanol–water partition coefficient (Wildman–Crippen LogP) is 4.92. The van der Waals surface area contributed by atoms with E-state index >= 15 is 0 Å². The van der Waals surface area contributed by atoms with E-state index in [0.717, 1.165) is 0 Å². The summed E-state index contributed by atoms with van der Waals surface area (Å²) in [7, 11) is 0. The highest BCUT2D eigenvalue weighted by Crippen LogP contribution is 2.27. The van der Waals surface area contributed by atoms with Crippen LogP contribution in [0.1, 0.15) is 40.5 Å². The van der Waals surface area contributed by atoms with Gasteiger partial charge in [-0.1, -0.05) is 23.2 Å². The summed E-state index contributed by atoms with van der Waals surface area (Å²) in [4.78, 5) is 36.0. The minimum absolute atomic E-state index is 0.0853. The van der Waals surface area contributed by atoms with Gasteiger partial charge in [0.25, 0.3) is 0 Å². The van der Waals surface area contributed by atoms with Crippen LogP contribution in [-0.2, 0) is 23.7 Å². The van der Waals surface area contributed by atoms with Gasteiger partial charge >= 0.3 is 17.9 Å². The van der Waals surface area contributed by atoms with E-state index in [1.54, 1.807) is 24.3 Å². The Labute approximate surface area is 188 Å². The standard InChI is InChI=1S/C22H18Cl2O7/c1-13(25)29-20-11-10-18(31-22(27)15-4-8-17(24)9-5-15)19(30-20)12-28-21(26)14-2-6-16(23)7-3-14/h2-9,20H,10-12H2,1H3/t20-/m1/s1. The van der Waals surface area contributed by atoms with Crippen LogP contribution in [0.5, 0.6) is 0 Å². The SMILES string of the molecule is CC(=O)O[C@H]1CCC(OC(=O)c2ccc(Cl)cc2)=C(COC(=O)c2ccc(Cl)cc2)O1. The average Bonchev–Trinajstić information content (AvgIpc) is 2.74. The summed E-state index contributed by atoms with van der Waals surface area (Å²) in [6, 6.07) is 12.3. The van der Waals surface area contributed by atoms with Crippen LogP contribution >= 0.6 is 23.2 Å². The zero-order valence-electron chi connectivity index (χ0n) is 16.4. The molecule has 0 amide bonds. The second-order valence-electron chi connectivity index (χ2n) is 6.52. The van der Waals surface area contributed by atoms with Gasteiger partial charge in [0.15, 0.2) is 12.4 Å². The summed E-state index contributed by atoms with van der Waals surface area (Å²) in [5, 5.41) is 0.964. The Kier molecular flexibility index (Phi) is 7.55. The summed E-state index contributed by atoms with van der Waals surface area (Å²) in [5.41, 5.74) is 0.577. The third-order valence-electron chi connectivity index (χ3n) is 4.20. The van der Waals surface area contributed by atoms with Crippen molar-refractivity contribution in [3.63, 3.8) is 0 Å². The Bertz CT molecular complexity index is 998. The van der Waals surface area contributed by atoms with Crippen molar-refractivity contribution in [2.45, 2.75) is 26.1 Å². The van der Waals surface area contributed by atoms with Crippen molar-refractivity contribution < 1.29 is 33.3 Å². The largest absolute Gasteiger partial charge is 0.454 e. The predicted molar refractivity (Wildman–Crippen MR) is 112 cm³/mol. The van der Waals surface area contributed by atoms with Gasteiger partial charge in [-0.3, -0.25) is 4.79 Å². The third-order valence-corrected chi connectivity index (χ3v) is 4.70. The van der Waals surface area contributed by atoms with Crippen LogP contribution in [0.15, 0.2) is 60.0 Å². The van der Waals surface area contributed by atoms with E-state index < -0.39 is 24.2 Å². The highest BCUT2D eigenvalue weighted by atomic mass is 35.5. The molecule has 3 rings (SSSR count). The Balaban J connectivity index is 1.74. The molecule has 162 valence electrons. The molecule has 0 saturated heterocycles. The molecule has 0 fully saturated rings. The molecule has 0 aliphatic carbocycles. The van der Waals surface area contributed by atoms with Crippen LogP contribution in [0.3, 0.4) is 0 Å².